The van der Waals surface area contributed by atoms with Gasteiger partial charge in [0.05, 0.1) is 5.69 Å². The van der Waals surface area contributed by atoms with Gasteiger partial charge in [0.1, 0.15) is 5.82 Å². The van der Waals surface area contributed by atoms with Gasteiger partial charge in [0.25, 0.3) is 0 Å². The second-order valence-electron chi connectivity index (χ2n) is 8.11. The van der Waals surface area contributed by atoms with E-state index in [0.29, 0.717) is 6.42 Å². The number of halogens is 1. The maximum absolute atomic E-state index is 13.6. The molecule has 1 aromatic carbocycles. The molecule has 0 amide bonds. The average molecular weight is 437 g/mol. The Hall–Kier alpha value is -2.52. The summed E-state index contributed by atoms with van der Waals surface area (Å²) in [6.07, 6.45) is 12.1. The third-order valence-corrected chi connectivity index (χ3v) is 5.14. The number of nitrogens with one attached hydrogen (secondary N) is 1. The number of benzene rings is 1. The second-order valence-corrected chi connectivity index (χ2v) is 8.11. The van der Waals surface area contributed by atoms with Crippen LogP contribution in [0.25, 0.3) is 17.2 Å². The van der Waals surface area contributed by atoms with Gasteiger partial charge in [-0.3, -0.25) is 4.98 Å². The summed E-state index contributed by atoms with van der Waals surface area (Å²) in [7, 11) is 0. The van der Waals surface area contributed by atoms with Crippen molar-refractivity contribution in [3.8, 4) is 11.1 Å². The van der Waals surface area contributed by atoms with E-state index in [1.807, 2.05) is 37.3 Å². The van der Waals surface area contributed by atoms with Gasteiger partial charge < -0.3 is 5.32 Å². The maximum Gasteiger partial charge on any atom is 0.123 e. The molecule has 1 aromatic heterocycles. The number of unbranched alkanes of at least 4 members (excludes halogenated alkanes) is 1. The highest BCUT2D eigenvalue weighted by Crippen LogP contribution is 2.35. The Bertz CT molecular complexity index is 862. The maximum atomic E-state index is 13.6. The number of pyridine rings is 1. The molecule has 0 bridgehead atoms. The zero-order valence-corrected chi connectivity index (χ0v) is 20.7. The Morgan fingerprint density at radius 3 is 2.22 bits per heavy atom. The molecular formula is C29H41FN2. The molecule has 1 heterocycles. The van der Waals surface area contributed by atoms with Crippen LogP contribution < -0.4 is 5.32 Å². The predicted molar refractivity (Wildman–Crippen MR) is 140 cm³/mol. The first-order chi connectivity index (χ1) is 15.4. The first-order valence-corrected chi connectivity index (χ1v) is 11.8. The molecule has 0 saturated heterocycles. The van der Waals surface area contributed by atoms with E-state index in [2.05, 4.69) is 52.2 Å². The van der Waals surface area contributed by atoms with Gasteiger partial charge >= 0.3 is 0 Å². The van der Waals surface area contributed by atoms with Crippen LogP contribution in [0.1, 0.15) is 75.9 Å². The summed E-state index contributed by atoms with van der Waals surface area (Å²) >= 11 is 0. The Balaban J connectivity index is 0.00000118. The monoisotopic (exact) mass is 436 g/mol. The lowest BCUT2D eigenvalue weighted by atomic mass is 9.87. The van der Waals surface area contributed by atoms with Gasteiger partial charge in [-0.2, -0.15) is 0 Å². The lowest BCUT2D eigenvalue weighted by Gasteiger charge is -2.22. The molecule has 0 fully saturated rings. The molecule has 0 radical (unpaired) electrons. The van der Waals surface area contributed by atoms with Crippen LogP contribution >= 0.6 is 0 Å². The van der Waals surface area contributed by atoms with Crippen molar-refractivity contribution in [2.24, 2.45) is 0 Å². The van der Waals surface area contributed by atoms with E-state index in [-0.39, 0.29) is 11.7 Å². The fourth-order valence-electron chi connectivity index (χ4n) is 3.42. The molecule has 2 nitrogen and oxygen atoms in total. The Kier molecular flexibility index (Phi) is 13.2. The standard InChI is InChI=1S/C25H31FN2.C4H10/c1-6-9-22-24(19-11-13-20(26)14-12-19)21(15-17-27-16-8-3)23(10-7-2)28-25(22)18(4)5;1-3-4-2/h6-9,11-14,18,27H,2-3,10,15-17H2,1,4-5H3;3-4H2,1-2H3/b9-6+;. The zero-order valence-electron chi connectivity index (χ0n) is 20.7. The average Bonchev–Trinajstić information content (AvgIpc) is 2.79. The van der Waals surface area contributed by atoms with Crippen LogP contribution in [0.5, 0.6) is 0 Å². The number of nitrogens with zero attached hydrogens (tertiary/aromatic N) is 1. The molecule has 1 N–H and O–H groups in total. The topological polar surface area (TPSA) is 24.9 Å². The van der Waals surface area contributed by atoms with E-state index >= 15 is 0 Å². The second kappa shape index (κ2) is 15.3. The molecule has 32 heavy (non-hydrogen) atoms. The lowest BCUT2D eigenvalue weighted by Crippen LogP contribution is -2.19. The fraction of sp³-hybridized carbons (Fsp3) is 0.414. The Labute approximate surface area is 195 Å². The van der Waals surface area contributed by atoms with E-state index < -0.39 is 0 Å². The summed E-state index contributed by atoms with van der Waals surface area (Å²) in [6.45, 7) is 20.0. The SMILES string of the molecule is C=CCNCCc1c(CC=C)nc(C(C)C)c(/C=C/C)c1-c1ccc(F)cc1.CCCC. The van der Waals surface area contributed by atoms with Gasteiger partial charge in [-0.1, -0.05) is 77.0 Å². The summed E-state index contributed by atoms with van der Waals surface area (Å²) in [6, 6.07) is 6.77. The molecule has 3 heteroatoms. The van der Waals surface area contributed by atoms with Crippen LogP contribution in [0.4, 0.5) is 4.39 Å². The van der Waals surface area contributed by atoms with Crippen molar-refractivity contribution in [2.45, 2.75) is 66.2 Å². The summed E-state index contributed by atoms with van der Waals surface area (Å²) in [5, 5.41) is 3.38. The van der Waals surface area contributed by atoms with Crippen LogP contribution in [-0.4, -0.2) is 18.1 Å². The molecule has 2 aromatic rings. The minimum atomic E-state index is -0.227. The summed E-state index contributed by atoms with van der Waals surface area (Å²) in [5.41, 5.74) is 6.59. The van der Waals surface area contributed by atoms with Crippen molar-refractivity contribution in [3.63, 3.8) is 0 Å². The van der Waals surface area contributed by atoms with Crippen molar-refractivity contribution in [3.05, 3.63) is 84.0 Å². The van der Waals surface area contributed by atoms with Crippen LogP contribution in [0.2, 0.25) is 0 Å². The molecule has 0 aliphatic heterocycles. The Morgan fingerprint density at radius 2 is 1.72 bits per heavy atom. The van der Waals surface area contributed by atoms with E-state index in [1.165, 1.54) is 30.5 Å². The summed E-state index contributed by atoms with van der Waals surface area (Å²) in [5.74, 6) is 0.0527. The number of allylic oxidation sites excluding steroid dienone is 2. The lowest BCUT2D eigenvalue weighted by molar-refractivity contribution is 0.628. The van der Waals surface area contributed by atoms with Crippen molar-refractivity contribution in [2.75, 3.05) is 13.1 Å². The molecular weight excluding hydrogens is 395 g/mol. The van der Waals surface area contributed by atoms with E-state index in [1.54, 1.807) is 0 Å². The van der Waals surface area contributed by atoms with Gasteiger partial charge in [0.2, 0.25) is 0 Å². The smallest absolute Gasteiger partial charge is 0.123 e. The minimum absolute atomic E-state index is 0.227. The highest BCUT2D eigenvalue weighted by molar-refractivity contribution is 5.80. The number of aromatic nitrogens is 1. The quantitative estimate of drug-likeness (QED) is 0.286. The summed E-state index contributed by atoms with van der Waals surface area (Å²) in [4.78, 5) is 5.04. The molecule has 0 atom stereocenters. The first kappa shape index (κ1) is 27.5. The van der Waals surface area contributed by atoms with Gasteiger partial charge in [-0.15, -0.1) is 13.2 Å². The van der Waals surface area contributed by atoms with Crippen molar-refractivity contribution in [1.82, 2.24) is 10.3 Å². The van der Waals surface area contributed by atoms with Crippen LogP contribution in [0.3, 0.4) is 0 Å². The molecule has 0 aliphatic carbocycles. The van der Waals surface area contributed by atoms with Crippen LogP contribution in [0, 0.1) is 5.82 Å². The molecule has 174 valence electrons. The van der Waals surface area contributed by atoms with Crippen LogP contribution in [0.15, 0.2) is 55.7 Å². The third kappa shape index (κ3) is 8.20. The van der Waals surface area contributed by atoms with E-state index in [9.17, 15) is 4.39 Å². The molecule has 0 saturated carbocycles. The van der Waals surface area contributed by atoms with Crippen molar-refractivity contribution < 1.29 is 4.39 Å². The van der Waals surface area contributed by atoms with Crippen molar-refractivity contribution >= 4 is 6.08 Å². The number of hydrogen-bond donors (Lipinski definition) is 1. The predicted octanol–water partition coefficient (Wildman–Crippen LogP) is 7.90. The summed E-state index contributed by atoms with van der Waals surface area (Å²) < 4.78 is 13.6. The fourth-order valence-corrected chi connectivity index (χ4v) is 3.42. The first-order valence-electron chi connectivity index (χ1n) is 11.8. The number of rotatable bonds is 11. The Morgan fingerprint density at radius 1 is 1.06 bits per heavy atom. The molecule has 0 spiro atoms. The largest absolute Gasteiger partial charge is 0.313 e. The van der Waals surface area contributed by atoms with E-state index in [4.69, 9.17) is 4.98 Å². The van der Waals surface area contributed by atoms with Gasteiger partial charge in [-0.05, 0) is 54.6 Å². The van der Waals surface area contributed by atoms with Gasteiger partial charge in [0, 0.05) is 24.2 Å². The third-order valence-electron chi connectivity index (χ3n) is 5.14. The minimum Gasteiger partial charge on any atom is -0.313 e. The number of hydrogen-bond acceptors (Lipinski definition) is 2. The van der Waals surface area contributed by atoms with Gasteiger partial charge in [0.15, 0.2) is 0 Å². The molecule has 2 rings (SSSR count). The van der Waals surface area contributed by atoms with E-state index in [0.717, 1.165) is 47.6 Å². The van der Waals surface area contributed by atoms with Crippen LogP contribution in [-0.2, 0) is 12.8 Å². The highest BCUT2D eigenvalue weighted by Gasteiger charge is 2.20. The van der Waals surface area contributed by atoms with Gasteiger partial charge in [-0.25, -0.2) is 4.39 Å². The molecule has 0 unspecified atom stereocenters. The normalized spacial score (nSPS) is 10.8. The van der Waals surface area contributed by atoms with Crippen molar-refractivity contribution in [1.29, 1.82) is 0 Å². The molecule has 0 aliphatic rings. The zero-order chi connectivity index (χ0) is 23.9. The highest BCUT2D eigenvalue weighted by atomic mass is 19.1.